The lowest BCUT2D eigenvalue weighted by Crippen LogP contribution is -2.37. The summed E-state index contributed by atoms with van der Waals surface area (Å²) in [5, 5.41) is 6.09. The van der Waals surface area contributed by atoms with E-state index in [1.807, 2.05) is 35.4 Å². The molecule has 1 aromatic heterocycles. The fourth-order valence-electron chi connectivity index (χ4n) is 5.41. The monoisotopic (exact) mass is 468 g/mol. The minimum Gasteiger partial charge on any atom is -0.381 e. The number of thiazole rings is 1. The number of benzene rings is 1. The molecule has 8 heteroatoms. The Morgan fingerprint density at radius 2 is 1.94 bits per heavy atom. The van der Waals surface area contributed by atoms with Crippen LogP contribution < -0.4 is 5.32 Å². The highest BCUT2D eigenvalue weighted by molar-refractivity contribution is 7.09. The molecule has 2 aromatic rings. The van der Waals surface area contributed by atoms with Gasteiger partial charge in [0.05, 0.1) is 23.6 Å². The summed E-state index contributed by atoms with van der Waals surface area (Å²) in [5.74, 6) is 1.18. The summed E-state index contributed by atoms with van der Waals surface area (Å²) in [5.41, 5.74) is 1.74. The average molecular weight is 469 g/mol. The van der Waals surface area contributed by atoms with Crippen molar-refractivity contribution in [1.29, 1.82) is 0 Å². The predicted molar refractivity (Wildman–Crippen MR) is 127 cm³/mol. The van der Waals surface area contributed by atoms with E-state index in [1.54, 1.807) is 0 Å². The lowest BCUT2D eigenvalue weighted by molar-refractivity contribution is -0.125. The molecule has 3 unspecified atom stereocenters. The van der Waals surface area contributed by atoms with Crippen LogP contribution in [0.3, 0.4) is 0 Å². The van der Waals surface area contributed by atoms with Crippen LogP contribution in [-0.4, -0.2) is 72.5 Å². The van der Waals surface area contributed by atoms with Crippen LogP contribution in [0.15, 0.2) is 35.7 Å². The molecule has 3 fully saturated rings. The number of carbonyl (C=O) groups is 2. The molecule has 3 saturated heterocycles. The molecule has 1 aromatic carbocycles. The summed E-state index contributed by atoms with van der Waals surface area (Å²) in [4.78, 5) is 34.4. The first-order valence-electron chi connectivity index (χ1n) is 11.9. The SMILES string of the molecule is Cc1nc(C(=O)N2CC3CN(CCC(NC(=O)C4CCOC4)c4ccccc4)C[C@H]3C2)cs1. The number of ether oxygens (including phenoxy) is 1. The van der Waals surface area contributed by atoms with E-state index in [0.29, 0.717) is 30.7 Å². The van der Waals surface area contributed by atoms with Crippen molar-refractivity contribution in [3.05, 3.63) is 52.0 Å². The molecular formula is C25H32N4O3S. The van der Waals surface area contributed by atoms with E-state index in [4.69, 9.17) is 4.74 Å². The summed E-state index contributed by atoms with van der Waals surface area (Å²) >= 11 is 1.53. The van der Waals surface area contributed by atoms with Crippen LogP contribution in [0, 0.1) is 24.7 Å². The molecule has 1 N–H and O–H groups in total. The number of hydrogen-bond donors (Lipinski definition) is 1. The summed E-state index contributed by atoms with van der Waals surface area (Å²) in [6, 6.07) is 10.3. The van der Waals surface area contributed by atoms with Crippen molar-refractivity contribution in [1.82, 2.24) is 20.1 Å². The predicted octanol–water partition coefficient (Wildman–Crippen LogP) is 2.74. The van der Waals surface area contributed by atoms with Gasteiger partial charge in [0.1, 0.15) is 5.69 Å². The number of amides is 2. The van der Waals surface area contributed by atoms with Gasteiger partial charge in [0.25, 0.3) is 5.91 Å². The van der Waals surface area contributed by atoms with Crippen molar-refractivity contribution < 1.29 is 14.3 Å². The second-order valence-corrected chi connectivity index (χ2v) is 10.6. The smallest absolute Gasteiger partial charge is 0.273 e. The average Bonchev–Trinajstić information content (AvgIpc) is 3.61. The first-order chi connectivity index (χ1) is 16.1. The van der Waals surface area contributed by atoms with E-state index in [0.717, 1.165) is 56.1 Å². The van der Waals surface area contributed by atoms with Gasteiger partial charge in [-0.05, 0) is 37.2 Å². The Morgan fingerprint density at radius 3 is 2.58 bits per heavy atom. The Morgan fingerprint density at radius 1 is 1.18 bits per heavy atom. The van der Waals surface area contributed by atoms with Crippen molar-refractivity contribution in [2.45, 2.75) is 25.8 Å². The van der Waals surface area contributed by atoms with Crippen LogP contribution in [-0.2, 0) is 9.53 Å². The highest BCUT2D eigenvalue weighted by Gasteiger charge is 2.42. The Balaban J connectivity index is 1.15. The zero-order valence-corrected chi connectivity index (χ0v) is 19.9. The third kappa shape index (κ3) is 5.13. The number of nitrogens with one attached hydrogen (secondary N) is 1. The van der Waals surface area contributed by atoms with Crippen LogP contribution in [0.1, 0.15) is 39.9 Å². The first kappa shape index (κ1) is 22.5. The molecule has 3 aliphatic heterocycles. The highest BCUT2D eigenvalue weighted by atomic mass is 32.1. The normalized spacial score (nSPS) is 25.8. The molecule has 0 saturated carbocycles. The van der Waals surface area contributed by atoms with E-state index in [1.165, 1.54) is 11.3 Å². The van der Waals surface area contributed by atoms with Gasteiger partial charge >= 0.3 is 0 Å². The van der Waals surface area contributed by atoms with Gasteiger partial charge in [-0.15, -0.1) is 11.3 Å². The molecule has 0 radical (unpaired) electrons. The summed E-state index contributed by atoms with van der Waals surface area (Å²) in [7, 11) is 0. The maximum Gasteiger partial charge on any atom is 0.273 e. The number of fused-ring (bicyclic) bond motifs is 1. The van der Waals surface area contributed by atoms with Crippen molar-refractivity contribution in [2.75, 3.05) is 45.9 Å². The number of nitrogens with zero attached hydrogens (tertiary/aromatic N) is 3. The van der Waals surface area contributed by atoms with E-state index in [2.05, 4.69) is 27.3 Å². The quantitative estimate of drug-likeness (QED) is 0.676. The largest absolute Gasteiger partial charge is 0.381 e. The summed E-state index contributed by atoms with van der Waals surface area (Å²) in [6.45, 7) is 7.73. The lowest BCUT2D eigenvalue weighted by atomic mass is 10.0. The highest BCUT2D eigenvalue weighted by Crippen LogP contribution is 2.32. The molecule has 0 bridgehead atoms. The molecule has 4 atom stereocenters. The number of carbonyl (C=O) groups excluding carboxylic acids is 2. The Hall–Kier alpha value is -2.29. The summed E-state index contributed by atoms with van der Waals surface area (Å²) in [6.07, 6.45) is 1.68. The van der Waals surface area contributed by atoms with Gasteiger partial charge in [-0.1, -0.05) is 30.3 Å². The van der Waals surface area contributed by atoms with Crippen molar-refractivity contribution in [3.63, 3.8) is 0 Å². The molecule has 4 heterocycles. The number of aromatic nitrogens is 1. The molecule has 0 spiro atoms. The van der Waals surface area contributed by atoms with Gasteiger partial charge in [-0.2, -0.15) is 0 Å². The minimum absolute atomic E-state index is 0.00530. The van der Waals surface area contributed by atoms with Crippen molar-refractivity contribution in [3.8, 4) is 0 Å². The fraction of sp³-hybridized carbons (Fsp3) is 0.560. The van der Waals surface area contributed by atoms with E-state index in [-0.39, 0.29) is 23.8 Å². The fourth-order valence-corrected chi connectivity index (χ4v) is 6.00. The molecule has 33 heavy (non-hydrogen) atoms. The third-order valence-corrected chi connectivity index (χ3v) is 8.01. The third-order valence-electron chi connectivity index (χ3n) is 7.24. The van der Waals surface area contributed by atoms with Gasteiger partial charge < -0.3 is 19.9 Å². The number of hydrogen-bond acceptors (Lipinski definition) is 6. The van der Waals surface area contributed by atoms with Gasteiger partial charge in [0, 0.05) is 44.7 Å². The molecule has 7 nitrogen and oxygen atoms in total. The Kier molecular flexibility index (Phi) is 6.76. The van der Waals surface area contributed by atoms with Crippen LogP contribution in [0.2, 0.25) is 0 Å². The minimum atomic E-state index is -0.0348. The molecule has 3 aliphatic rings. The number of likely N-dealkylation sites (tertiary alicyclic amines) is 2. The topological polar surface area (TPSA) is 74.8 Å². The van der Waals surface area contributed by atoms with Crippen LogP contribution in [0.5, 0.6) is 0 Å². The summed E-state index contributed by atoms with van der Waals surface area (Å²) < 4.78 is 5.40. The van der Waals surface area contributed by atoms with E-state index < -0.39 is 0 Å². The van der Waals surface area contributed by atoms with Crippen LogP contribution in [0.25, 0.3) is 0 Å². The van der Waals surface area contributed by atoms with Gasteiger partial charge in [0.2, 0.25) is 5.91 Å². The van der Waals surface area contributed by atoms with Crippen molar-refractivity contribution >= 4 is 23.2 Å². The molecule has 176 valence electrons. The van der Waals surface area contributed by atoms with Crippen molar-refractivity contribution in [2.24, 2.45) is 17.8 Å². The Bertz CT molecular complexity index is 961. The molecule has 0 aliphatic carbocycles. The zero-order valence-electron chi connectivity index (χ0n) is 19.1. The maximum absolute atomic E-state index is 12.8. The van der Waals surface area contributed by atoms with Gasteiger partial charge in [0.15, 0.2) is 0 Å². The number of aryl methyl sites for hydroxylation is 1. The van der Waals surface area contributed by atoms with Gasteiger partial charge in [-0.25, -0.2) is 4.98 Å². The Labute approximate surface area is 199 Å². The molecule has 2 amide bonds. The second kappa shape index (κ2) is 9.91. The van der Waals surface area contributed by atoms with Gasteiger partial charge in [-0.3, -0.25) is 9.59 Å². The molecular weight excluding hydrogens is 436 g/mol. The lowest BCUT2D eigenvalue weighted by Gasteiger charge is -2.25. The zero-order chi connectivity index (χ0) is 22.8. The molecule has 5 rings (SSSR count). The maximum atomic E-state index is 12.8. The van der Waals surface area contributed by atoms with E-state index in [9.17, 15) is 9.59 Å². The number of rotatable bonds is 7. The second-order valence-electron chi connectivity index (χ2n) is 9.56. The standard InChI is InChI=1S/C25H32N4O3S/c1-17-26-23(16-33-17)25(31)29-13-20-11-28(12-21(20)14-29)9-7-22(18-5-3-2-4-6-18)27-24(30)19-8-10-32-15-19/h2-6,16,19-22H,7-15H2,1H3,(H,27,30)/t19?,20-,21?,22?/m0/s1. The van der Waals surface area contributed by atoms with E-state index >= 15 is 0 Å². The van der Waals surface area contributed by atoms with Crippen LogP contribution in [0.4, 0.5) is 0 Å². The first-order valence-corrected chi connectivity index (χ1v) is 12.8. The van der Waals surface area contributed by atoms with Crippen LogP contribution >= 0.6 is 11.3 Å².